The number of carboxylic acids is 1. The van der Waals surface area contributed by atoms with E-state index in [0.29, 0.717) is 19.4 Å². The molecule has 0 aromatic rings. The summed E-state index contributed by atoms with van der Waals surface area (Å²) in [4.78, 5) is 21.5. The van der Waals surface area contributed by atoms with Crippen LogP contribution >= 0.6 is 0 Å². The summed E-state index contributed by atoms with van der Waals surface area (Å²) in [5.41, 5.74) is 0. The quantitative estimate of drug-likeness (QED) is 0.224. The van der Waals surface area contributed by atoms with Gasteiger partial charge in [0.1, 0.15) is 0 Å². The molecule has 22 heavy (non-hydrogen) atoms. The molecule has 0 fully saturated rings. The summed E-state index contributed by atoms with van der Waals surface area (Å²) in [7, 11) is 0. The van der Waals surface area contributed by atoms with Crippen LogP contribution in [-0.2, 0) is 14.3 Å². The first-order chi connectivity index (χ1) is 10.7. The molecule has 0 aliphatic rings. The Morgan fingerprint density at radius 1 is 0.818 bits per heavy atom. The summed E-state index contributed by atoms with van der Waals surface area (Å²) in [5, 5.41) is 11.3. The third kappa shape index (κ3) is 18.0. The number of hydrogen-bond acceptors (Lipinski definition) is 3. The summed E-state index contributed by atoms with van der Waals surface area (Å²) in [6, 6.07) is 0. The molecule has 0 rings (SSSR count). The van der Waals surface area contributed by atoms with Gasteiger partial charge < -0.3 is 0 Å². The van der Waals surface area contributed by atoms with Crippen LogP contribution in [0.3, 0.4) is 0 Å². The fraction of sp³-hybridized carbons (Fsp3) is 0.875. The van der Waals surface area contributed by atoms with Crippen LogP contribution in [0.1, 0.15) is 71.1 Å². The molecule has 0 spiro atoms. The van der Waals surface area contributed by atoms with Crippen molar-refractivity contribution in [2.45, 2.75) is 81.8 Å². The number of hydrogen-bond donors (Lipinski definition) is 1. The fourth-order valence-electron chi connectivity index (χ4n) is 1.93. The van der Waals surface area contributed by atoms with Gasteiger partial charge in [-0.1, -0.05) is 0 Å². The van der Waals surface area contributed by atoms with Crippen LogP contribution in [0.15, 0.2) is 0 Å². The molecule has 0 amide bonds. The third-order valence-electron chi connectivity index (χ3n) is 3.12. The van der Waals surface area contributed by atoms with Gasteiger partial charge in [0.05, 0.1) is 0 Å². The molecule has 6 heteroatoms. The van der Waals surface area contributed by atoms with Gasteiger partial charge in [-0.15, -0.1) is 0 Å². The molecule has 0 aliphatic heterocycles. The number of rotatable bonds is 16. The van der Waals surface area contributed by atoms with Gasteiger partial charge in [0, 0.05) is 0 Å². The summed E-state index contributed by atoms with van der Waals surface area (Å²) in [5.74, 6) is -0.729. The molecule has 0 aliphatic carbocycles. The molecule has 0 heterocycles. The van der Waals surface area contributed by atoms with Gasteiger partial charge >= 0.3 is 146 Å². The Hall–Kier alpha value is -0.0210. The maximum absolute atomic E-state index is 11.1. The number of aliphatic carboxylic acids is 1. The van der Waals surface area contributed by atoms with Crippen molar-refractivity contribution in [3.05, 3.63) is 0 Å². The van der Waals surface area contributed by atoms with Gasteiger partial charge in [-0.05, 0) is 0 Å². The van der Waals surface area contributed by atoms with E-state index in [4.69, 9.17) is 9.84 Å². The van der Waals surface area contributed by atoms with E-state index in [1.165, 1.54) is 36.3 Å². The molecule has 0 radical (unpaired) electrons. The molecular weight excluding hydrogens is 414 g/mol. The van der Waals surface area contributed by atoms with E-state index >= 15 is 0 Å². The number of esters is 1. The number of ether oxygens (including phenoxy) is 1. The molecule has 0 aromatic carbocycles. The van der Waals surface area contributed by atoms with Crippen molar-refractivity contribution in [2.75, 3.05) is 6.61 Å². The zero-order chi connectivity index (χ0) is 16.5. The summed E-state index contributed by atoms with van der Waals surface area (Å²) >= 11 is 1.65. The second-order valence-electron chi connectivity index (χ2n) is 5.17. The standard InChI is InChI=1S/C16H30O4Se2/c1-2-20-16(19)12-8-4-6-10-14-22-21-13-9-5-3-7-11-15(17)18/h2-14H2,1H3,(H,17,18). The van der Waals surface area contributed by atoms with Crippen LogP contribution in [0, 0.1) is 0 Å². The van der Waals surface area contributed by atoms with Gasteiger partial charge in [0.25, 0.3) is 0 Å². The summed E-state index contributed by atoms with van der Waals surface area (Å²) < 4.78 is 4.90. The fourth-order valence-corrected chi connectivity index (χ4v) is 8.91. The zero-order valence-corrected chi connectivity index (χ0v) is 17.1. The number of unbranched alkanes of at least 4 members (excludes halogenated alkanes) is 6. The van der Waals surface area contributed by atoms with E-state index in [-0.39, 0.29) is 5.97 Å². The second-order valence-corrected chi connectivity index (χ2v) is 13.0. The normalized spacial score (nSPS) is 10.6. The van der Waals surface area contributed by atoms with Crippen LogP contribution < -0.4 is 0 Å². The van der Waals surface area contributed by atoms with Crippen LogP contribution in [-0.4, -0.2) is 49.9 Å². The van der Waals surface area contributed by atoms with Crippen molar-refractivity contribution in [3.63, 3.8) is 0 Å². The van der Waals surface area contributed by atoms with Gasteiger partial charge in [0.15, 0.2) is 0 Å². The van der Waals surface area contributed by atoms with Gasteiger partial charge in [-0.2, -0.15) is 0 Å². The van der Waals surface area contributed by atoms with Crippen LogP contribution in [0.2, 0.25) is 10.6 Å². The van der Waals surface area contributed by atoms with Crippen molar-refractivity contribution in [1.29, 1.82) is 0 Å². The number of carbonyl (C=O) groups is 2. The first-order valence-electron chi connectivity index (χ1n) is 8.28. The van der Waals surface area contributed by atoms with E-state index in [2.05, 4.69) is 0 Å². The minimum absolute atomic E-state index is 0.0570. The molecule has 4 nitrogen and oxygen atoms in total. The Balaban J connectivity index is 3.05. The third-order valence-corrected chi connectivity index (χ3v) is 10.8. The first-order valence-corrected chi connectivity index (χ1v) is 15.0. The van der Waals surface area contributed by atoms with Crippen LogP contribution in [0.5, 0.6) is 0 Å². The van der Waals surface area contributed by atoms with Crippen molar-refractivity contribution >= 4 is 38.2 Å². The average molecular weight is 444 g/mol. The summed E-state index contributed by atoms with van der Waals surface area (Å²) in [6.45, 7) is 2.33. The monoisotopic (exact) mass is 446 g/mol. The number of carbonyl (C=O) groups excluding carboxylic acids is 1. The molecule has 0 atom stereocenters. The van der Waals surface area contributed by atoms with E-state index in [0.717, 1.165) is 51.9 Å². The molecule has 0 bridgehead atoms. The van der Waals surface area contributed by atoms with Gasteiger partial charge in [0.2, 0.25) is 0 Å². The van der Waals surface area contributed by atoms with Crippen LogP contribution in [0.4, 0.5) is 0 Å². The van der Waals surface area contributed by atoms with E-state index < -0.39 is 5.97 Å². The molecule has 0 unspecified atom stereocenters. The molecule has 1 N–H and O–H groups in total. The van der Waals surface area contributed by atoms with Crippen molar-refractivity contribution in [1.82, 2.24) is 0 Å². The second kappa shape index (κ2) is 17.3. The topological polar surface area (TPSA) is 63.6 Å². The van der Waals surface area contributed by atoms with Crippen molar-refractivity contribution in [2.24, 2.45) is 0 Å². The van der Waals surface area contributed by atoms with Gasteiger partial charge in [-0.3, -0.25) is 0 Å². The Labute approximate surface area is 146 Å². The van der Waals surface area contributed by atoms with Crippen LogP contribution in [0.25, 0.3) is 0 Å². The zero-order valence-electron chi connectivity index (χ0n) is 13.7. The predicted molar refractivity (Wildman–Crippen MR) is 91.6 cm³/mol. The van der Waals surface area contributed by atoms with E-state index in [1.807, 2.05) is 6.92 Å². The average Bonchev–Trinajstić information content (AvgIpc) is 2.47. The molecule has 0 aromatic heterocycles. The molecule has 0 saturated carbocycles. The van der Waals surface area contributed by atoms with Crippen molar-refractivity contribution < 1.29 is 19.4 Å². The van der Waals surface area contributed by atoms with E-state index in [9.17, 15) is 9.59 Å². The molecule has 0 saturated heterocycles. The van der Waals surface area contributed by atoms with Crippen molar-refractivity contribution in [3.8, 4) is 0 Å². The van der Waals surface area contributed by atoms with Gasteiger partial charge in [-0.25, -0.2) is 0 Å². The summed E-state index contributed by atoms with van der Waals surface area (Å²) in [6.07, 6.45) is 9.93. The first kappa shape index (κ1) is 22.0. The van der Waals surface area contributed by atoms with E-state index in [1.54, 1.807) is 0 Å². The molecule has 130 valence electrons. The SMILES string of the molecule is CCOC(=O)CCCCCC[Se][Se]CCCCCCC(=O)O. The Kier molecular flexibility index (Phi) is 17.3. The predicted octanol–water partition coefficient (Wildman–Crippen LogP) is 3.70. The minimum atomic E-state index is -0.671. The Bertz CT molecular complexity index is 285. The Morgan fingerprint density at radius 2 is 1.32 bits per heavy atom. The molecular formula is C16H30O4Se2. The Morgan fingerprint density at radius 3 is 1.82 bits per heavy atom. The number of carboxylic acid groups (broad SMARTS) is 1. The maximum atomic E-state index is 11.1.